The number of methoxy groups -OCH3 is 1. The number of nitrogens with zero attached hydrogens (tertiary/aromatic N) is 2. The summed E-state index contributed by atoms with van der Waals surface area (Å²) in [6, 6.07) is 6.03. The number of carbonyl (C=O) groups excluding carboxylic acids is 1. The highest BCUT2D eigenvalue weighted by molar-refractivity contribution is 6.32. The zero-order valence-electron chi connectivity index (χ0n) is 14.4. The van der Waals surface area contributed by atoms with Crippen LogP contribution in [0.3, 0.4) is 0 Å². The van der Waals surface area contributed by atoms with Gasteiger partial charge in [-0.05, 0) is 57.6 Å². The minimum Gasteiger partial charge on any atom is -0.495 e. The number of halogens is 1. The van der Waals surface area contributed by atoms with E-state index in [2.05, 4.69) is 22.2 Å². The van der Waals surface area contributed by atoms with Crippen LogP contribution in [0.2, 0.25) is 5.02 Å². The Morgan fingerprint density at radius 2 is 2.00 bits per heavy atom. The van der Waals surface area contributed by atoms with Gasteiger partial charge in [-0.1, -0.05) is 11.6 Å². The average Bonchev–Trinajstić information content (AvgIpc) is 3.04. The Labute approximate surface area is 148 Å². The minimum atomic E-state index is -0.0554. The molecule has 0 radical (unpaired) electrons. The van der Waals surface area contributed by atoms with E-state index in [0.717, 1.165) is 19.5 Å². The summed E-state index contributed by atoms with van der Waals surface area (Å²) in [5.74, 6) is 0.476. The maximum atomic E-state index is 12.5. The fraction of sp³-hybridized carbons (Fsp3) is 0.611. The van der Waals surface area contributed by atoms with Gasteiger partial charge < -0.3 is 15.0 Å². The molecule has 3 rings (SSSR count). The highest BCUT2D eigenvalue weighted by Gasteiger charge is 2.30. The van der Waals surface area contributed by atoms with Crippen LogP contribution in [0.5, 0.6) is 5.75 Å². The van der Waals surface area contributed by atoms with Gasteiger partial charge in [-0.15, -0.1) is 0 Å². The van der Waals surface area contributed by atoms with Crippen molar-refractivity contribution in [3.05, 3.63) is 28.8 Å². The van der Waals surface area contributed by atoms with Gasteiger partial charge in [0.15, 0.2) is 0 Å². The molecule has 1 N–H and O–H groups in total. The Balaban J connectivity index is 1.54. The number of rotatable bonds is 4. The fourth-order valence-electron chi connectivity index (χ4n) is 3.67. The number of ether oxygens (including phenoxy) is 1. The summed E-state index contributed by atoms with van der Waals surface area (Å²) in [5.41, 5.74) is 0.592. The predicted molar refractivity (Wildman–Crippen MR) is 96.0 cm³/mol. The maximum absolute atomic E-state index is 12.5. The molecule has 1 aromatic rings. The van der Waals surface area contributed by atoms with Crippen molar-refractivity contribution in [1.29, 1.82) is 0 Å². The lowest BCUT2D eigenvalue weighted by Crippen LogP contribution is -2.44. The SMILES string of the molecule is COc1cc(C(=O)NC2CCN(C3CCN(C)CC3)C2)ccc1Cl. The smallest absolute Gasteiger partial charge is 0.251 e. The van der Waals surface area contributed by atoms with E-state index in [9.17, 15) is 4.79 Å². The van der Waals surface area contributed by atoms with E-state index >= 15 is 0 Å². The van der Waals surface area contributed by atoms with Gasteiger partial charge in [0.1, 0.15) is 5.75 Å². The van der Waals surface area contributed by atoms with Crippen molar-refractivity contribution in [3.63, 3.8) is 0 Å². The average molecular weight is 352 g/mol. The fourth-order valence-corrected chi connectivity index (χ4v) is 3.86. The molecular weight excluding hydrogens is 326 g/mol. The molecule has 0 spiro atoms. The second kappa shape index (κ2) is 7.72. The summed E-state index contributed by atoms with van der Waals surface area (Å²) in [4.78, 5) is 17.4. The minimum absolute atomic E-state index is 0.0554. The molecule has 6 heteroatoms. The van der Waals surface area contributed by atoms with Crippen molar-refractivity contribution >= 4 is 17.5 Å². The Morgan fingerprint density at radius 3 is 2.71 bits per heavy atom. The lowest BCUT2D eigenvalue weighted by molar-refractivity contribution is 0.0931. The molecule has 5 nitrogen and oxygen atoms in total. The summed E-state index contributed by atoms with van der Waals surface area (Å²) in [7, 11) is 3.74. The highest BCUT2D eigenvalue weighted by atomic mass is 35.5. The van der Waals surface area contributed by atoms with Crippen molar-refractivity contribution in [2.75, 3.05) is 40.3 Å². The molecule has 0 aliphatic carbocycles. The van der Waals surface area contributed by atoms with Gasteiger partial charge >= 0.3 is 0 Å². The van der Waals surface area contributed by atoms with Gasteiger partial charge in [-0.25, -0.2) is 0 Å². The first kappa shape index (κ1) is 17.5. The van der Waals surface area contributed by atoms with Crippen LogP contribution in [0.25, 0.3) is 0 Å². The number of amides is 1. The van der Waals surface area contributed by atoms with Crippen LogP contribution in [0.1, 0.15) is 29.6 Å². The molecule has 2 heterocycles. The molecule has 1 aromatic carbocycles. The maximum Gasteiger partial charge on any atom is 0.251 e. The van der Waals surface area contributed by atoms with Gasteiger partial charge in [0, 0.05) is 30.7 Å². The van der Waals surface area contributed by atoms with Crippen LogP contribution in [-0.4, -0.2) is 68.1 Å². The van der Waals surface area contributed by atoms with Crippen LogP contribution in [0, 0.1) is 0 Å². The molecule has 1 atom stereocenters. The molecule has 2 aliphatic rings. The lowest BCUT2D eigenvalue weighted by Gasteiger charge is -2.35. The van der Waals surface area contributed by atoms with Crippen molar-refractivity contribution in [2.24, 2.45) is 0 Å². The van der Waals surface area contributed by atoms with E-state index < -0.39 is 0 Å². The first-order valence-electron chi connectivity index (χ1n) is 8.64. The summed E-state index contributed by atoms with van der Waals surface area (Å²) in [6.45, 7) is 4.36. The summed E-state index contributed by atoms with van der Waals surface area (Å²) >= 11 is 6.02. The number of piperidine rings is 1. The van der Waals surface area contributed by atoms with Crippen LogP contribution in [0.4, 0.5) is 0 Å². The Bertz CT molecular complexity index is 588. The van der Waals surface area contributed by atoms with Gasteiger partial charge in [0.2, 0.25) is 0 Å². The number of carbonyl (C=O) groups is 1. The highest BCUT2D eigenvalue weighted by Crippen LogP contribution is 2.25. The van der Waals surface area contributed by atoms with Gasteiger partial charge in [-0.2, -0.15) is 0 Å². The monoisotopic (exact) mass is 351 g/mol. The van der Waals surface area contributed by atoms with Crippen LogP contribution >= 0.6 is 11.6 Å². The Hall–Kier alpha value is -1.30. The molecule has 1 amide bonds. The summed E-state index contributed by atoms with van der Waals surface area (Å²) in [5, 5.41) is 3.67. The van der Waals surface area contributed by atoms with Crippen molar-refractivity contribution in [3.8, 4) is 5.75 Å². The Kier molecular flexibility index (Phi) is 5.64. The molecule has 1 unspecified atom stereocenters. The Morgan fingerprint density at radius 1 is 1.25 bits per heavy atom. The zero-order valence-corrected chi connectivity index (χ0v) is 15.2. The number of likely N-dealkylation sites (tertiary alicyclic amines) is 2. The van der Waals surface area contributed by atoms with Crippen LogP contribution in [-0.2, 0) is 0 Å². The third kappa shape index (κ3) is 4.02. The van der Waals surface area contributed by atoms with Gasteiger partial charge in [0.25, 0.3) is 5.91 Å². The number of benzene rings is 1. The molecule has 0 aromatic heterocycles. The molecule has 132 valence electrons. The second-order valence-corrected chi connectivity index (χ2v) is 7.24. The standard InChI is InChI=1S/C18H26ClN3O2/c1-21-8-6-15(7-9-21)22-10-5-14(12-22)20-18(23)13-3-4-16(19)17(11-13)24-2/h3-4,11,14-15H,5-10,12H2,1-2H3,(H,20,23). The third-order valence-electron chi connectivity index (χ3n) is 5.17. The lowest BCUT2D eigenvalue weighted by atomic mass is 10.0. The number of nitrogens with one attached hydrogen (secondary N) is 1. The number of hydrogen-bond donors (Lipinski definition) is 1. The third-order valence-corrected chi connectivity index (χ3v) is 5.48. The summed E-state index contributed by atoms with van der Waals surface area (Å²) < 4.78 is 5.19. The largest absolute Gasteiger partial charge is 0.495 e. The normalized spacial score (nSPS) is 23.4. The molecule has 24 heavy (non-hydrogen) atoms. The molecule has 0 bridgehead atoms. The molecular formula is C18H26ClN3O2. The van der Waals surface area contributed by atoms with Crippen LogP contribution < -0.4 is 10.1 Å². The van der Waals surface area contributed by atoms with E-state index in [1.165, 1.54) is 25.9 Å². The molecule has 2 aliphatic heterocycles. The topological polar surface area (TPSA) is 44.8 Å². The van der Waals surface area contributed by atoms with Crippen molar-refractivity contribution < 1.29 is 9.53 Å². The van der Waals surface area contributed by atoms with E-state index in [1.807, 2.05) is 0 Å². The van der Waals surface area contributed by atoms with E-state index in [1.54, 1.807) is 25.3 Å². The number of hydrogen-bond acceptors (Lipinski definition) is 4. The van der Waals surface area contributed by atoms with E-state index in [4.69, 9.17) is 16.3 Å². The van der Waals surface area contributed by atoms with Crippen LogP contribution in [0.15, 0.2) is 18.2 Å². The molecule has 2 saturated heterocycles. The predicted octanol–water partition coefficient (Wildman–Crippen LogP) is 2.25. The first-order chi connectivity index (χ1) is 11.6. The van der Waals surface area contributed by atoms with E-state index in [0.29, 0.717) is 22.4 Å². The molecule has 0 saturated carbocycles. The van der Waals surface area contributed by atoms with Crippen molar-refractivity contribution in [1.82, 2.24) is 15.1 Å². The zero-order chi connectivity index (χ0) is 17.1. The summed E-state index contributed by atoms with van der Waals surface area (Å²) in [6.07, 6.45) is 3.47. The molecule has 2 fully saturated rings. The van der Waals surface area contributed by atoms with Gasteiger partial charge in [0.05, 0.1) is 12.1 Å². The second-order valence-electron chi connectivity index (χ2n) is 6.84. The first-order valence-corrected chi connectivity index (χ1v) is 9.01. The van der Waals surface area contributed by atoms with E-state index in [-0.39, 0.29) is 11.9 Å². The van der Waals surface area contributed by atoms with Gasteiger partial charge in [-0.3, -0.25) is 9.69 Å². The van der Waals surface area contributed by atoms with Crippen molar-refractivity contribution in [2.45, 2.75) is 31.3 Å². The quantitative estimate of drug-likeness (QED) is 0.903.